The summed E-state index contributed by atoms with van der Waals surface area (Å²) in [5.74, 6) is -0.208. The highest BCUT2D eigenvalue weighted by Gasteiger charge is 2.35. The predicted molar refractivity (Wildman–Crippen MR) is 187 cm³/mol. The first kappa shape index (κ1) is 35.2. The van der Waals surface area contributed by atoms with E-state index in [0.29, 0.717) is 23.4 Å². The van der Waals surface area contributed by atoms with E-state index in [9.17, 15) is 18.0 Å². The summed E-state index contributed by atoms with van der Waals surface area (Å²) in [5.41, 5.74) is 4.61. The Morgan fingerprint density at radius 1 is 0.830 bits per heavy atom. The fourth-order valence-electron chi connectivity index (χ4n) is 5.40. The molecule has 0 aliphatic heterocycles. The van der Waals surface area contributed by atoms with E-state index >= 15 is 0 Å². The quantitative estimate of drug-likeness (QED) is 0.170. The number of benzene rings is 4. The van der Waals surface area contributed by atoms with Crippen LogP contribution >= 0.6 is 0 Å². The molecule has 9 heteroatoms. The average molecular weight is 656 g/mol. The van der Waals surface area contributed by atoms with E-state index in [1.54, 1.807) is 37.4 Å². The maximum atomic E-state index is 14.7. The second-order valence-electron chi connectivity index (χ2n) is 12.0. The molecule has 2 amide bonds. The smallest absolute Gasteiger partial charge is 0.264 e. The molecule has 0 fully saturated rings. The van der Waals surface area contributed by atoms with Gasteiger partial charge in [0, 0.05) is 19.0 Å². The van der Waals surface area contributed by atoms with Gasteiger partial charge in [-0.1, -0.05) is 84.8 Å². The first-order valence-electron chi connectivity index (χ1n) is 15.9. The van der Waals surface area contributed by atoms with Crippen molar-refractivity contribution in [1.29, 1.82) is 0 Å². The van der Waals surface area contributed by atoms with Gasteiger partial charge in [0.2, 0.25) is 11.8 Å². The number of hydrogen-bond donors (Lipinski definition) is 1. The molecule has 0 aliphatic carbocycles. The molecule has 0 radical (unpaired) electrons. The van der Waals surface area contributed by atoms with Gasteiger partial charge in [-0.3, -0.25) is 13.9 Å². The third-order valence-corrected chi connectivity index (χ3v) is 10.0. The fraction of sp³-hybridized carbons (Fsp3) is 0.316. The zero-order valence-electron chi connectivity index (χ0n) is 28.1. The van der Waals surface area contributed by atoms with Gasteiger partial charge in [0.1, 0.15) is 18.3 Å². The SMILES string of the molecule is CCC(C)NC(=O)C(Cc1ccccc1)N(Cc1cccc(OC)c1)C(=O)CN(c1ccc(C)cc1C)S(=O)(=O)c1ccc(C)cc1. The van der Waals surface area contributed by atoms with Crippen molar-refractivity contribution in [3.05, 3.63) is 125 Å². The minimum Gasteiger partial charge on any atom is -0.497 e. The van der Waals surface area contributed by atoms with Crippen LogP contribution in [-0.4, -0.2) is 50.9 Å². The van der Waals surface area contributed by atoms with Crippen molar-refractivity contribution < 1.29 is 22.7 Å². The van der Waals surface area contributed by atoms with Crippen LogP contribution in [0.15, 0.2) is 102 Å². The Balaban J connectivity index is 1.84. The molecule has 4 aromatic carbocycles. The van der Waals surface area contributed by atoms with Crippen molar-refractivity contribution in [1.82, 2.24) is 10.2 Å². The Kier molecular flexibility index (Phi) is 11.8. The lowest BCUT2D eigenvalue weighted by atomic mass is 10.0. The van der Waals surface area contributed by atoms with Gasteiger partial charge in [0.15, 0.2) is 0 Å². The molecule has 0 spiro atoms. The number of carbonyl (C=O) groups is 2. The molecule has 0 bridgehead atoms. The first-order valence-corrected chi connectivity index (χ1v) is 17.3. The number of methoxy groups -OCH3 is 1. The lowest BCUT2D eigenvalue weighted by Gasteiger charge is -2.34. The van der Waals surface area contributed by atoms with Crippen molar-refractivity contribution in [3.63, 3.8) is 0 Å². The molecule has 2 unspecified atom stereocenters. The van der Waals surface area contributed by atoms with Gasteiger partial charge < -0.3 is 15.0 Å². The van der Waals surface area contributed by atoms with E-state index in [1.807, 2.05) is 101 Å². The van der Waals surface area contributed by atoms with Gasteiger partial charge in [-0.25, -0.2) is 8.42 Å². The van der Waals surface area contributed by atoms with Crippen LogP contribution in [0.3, 0.4) is 0 Å². The summed E-state index contributed by atoms with van der Waals surface area (Å²) in [6.07, 6.45) is 0.954. The van der Waals surface area contributed by atoms with E-state index in [4.69, 9.17) is 4.74 Å². The van der Waals surface area contributed by atoms with Crippen LogP contribution in [0.25, 0.3) is 0 Å². The van der Waals surface area contributed by atoms with Crippen LogP contribution in [0.4, 0.5) is 5.69 Å². The standard InChI is InChI=1S/C38H45N3O5S/c1-7-30(5)39-38(43)36(24-31-12-9-8-10-13-31)40(25-32-14-11-15-33(23-32)46-6)37(42)26-41(35-21-18-28(3)22-29(35)4)47(44,45)34-19-16-27(2)17-20-34/h8-23,30,36H,7,24-26H2,1-6H3,(H,39,43). The zero-order chi connectivity index (χ0) is 34.1. The zero-order valence-corrected chi connectivity index (χ0v) is 28.9. The lowest BCUT2D eigenvalue weighted by Crippen LogP contribution is -2.54. The third kappa shape index (κ3) is 9.01. The highest BCUT2D eigenvalue weighted by Crippen LogP contribution is 2.29. The maximum absolute atomic E-state index is 14.7. The molecule has 4 rings (SSSR count). The van der Waals surface area contributed by atoms with Crippen LogP contribution in [0.2, 0.25) is 0 Å². The predicted octanol–water partition coefficient (Wildman–Crippen LogP) is 6.37. The Morgan fingerprint density at radius 3 is 2.13 bits per heavy atom. The van der Waals surface area contributed by atoms with Gasteiger partial charge in [0.05, 0.1) is 17.7 Å². The molecular weight excluding hydrogens is 611 g/mol. The Hall–Kier alpha value is -4.63. The van der Waals surface area contributed by atoms with Crippen LogP contribution in [0.5, 0.6) is 5.75 Å². The summed E-state index contributed by atoms with van der Waals surface area (Å²) < 4.78 is 35.3. The normalized spacial score (nSPS) is 12.6. The first-order chi connectivity index (χ1) is 22.4. The summed E-state index contributed by atoms with van der Waals surface area (Å²) in [5, 5.41) is 3.07. The molecule has 0 saturated heterocycles. The number of amides is 2. The van der Waals surface area contributed by atoms with Gasteiger partial charge >= 0.3 is 0 Å². The molecule has 1 N–H and O–H groups in total. The van der Waals surface area contributed by atoms with E-state index in [0.717, 1.165) is 22.3 Å². The van der Waals surface area contributed by atoms with Crippen molar-refractivity contribution in [2.45, 2.75) is 71.0 Å². The number of nitrogens with zero attached hydrogens (tertiary/aromatic N) is 2. The molecule has 8 nitrogen and oxygen atoms in total. The second kappa shape index (κ2) is 15.8. The number of rotatable bonds is 14. The Bertz CT molecular complexity index is 1780. The molecule has 0 heterocycles. The monoisotopic (exact) mass is 655 g/mol. The van der Waals surface area contributed by atoms with Crippen molar-refractivity contribution in [3.8, 4) is 5.75 Å². The van der Waals surface area contributed by atoms with Crippen molar-refractivity contribution in [2.24, 2.45) is 0 Å². The molecule has 248 valence electrons. The fourth-order valence-corrected chi connectivity index (χ4v) is 6.88. The number of hydrogen-bond acceptors (Lipinski definition) is 5. The van der Waals surface area contributed by atoms with Gasteiger partial charge in [-0.15, -0.1) is 0 Å². The number of aryl methyl sites for hydroxylation is 3. The highest BCUT2D eigenvalue weighted by atomic mass is 32.2. The van der Waals surface area contributed by atoms with Gasteiger partial charge in [-0.05, 0) is 81.1 Å². The summed E-state index contributed by atoms with van der Waals surface area (Å²) in [7, 11) is -2.61. The maximum Gasteiger partial charge on any atom is 0.264 e. The minimum absolute atomic E-state index is 0.0623. The Morgan fingerprint density at radius 2 is 1.49 bits per heavy atom. The molecule has 0 aromatic heterocycles. The van der Waals surface area contributed by atoms with E-state index in [-0.39, 0.29) is 29.8 Å². The Labute approximate surface area is 279 Å². The van der Waals surface area contributed by atoms with Crippen LogP contribution < -0.4 is 14.4 Å². The molecule has 4 aromatic rings. The van der Waals surface area contributed by atoms with Crippen LogP contribution in [-0.2, 0) is 32.6 Å². The van der Waals surface area contributed by atoms with Crippen molar-refractivity contribution in [2.75, 3.05) is 18.0 Å². The summed E-state index contributed by atoms with van der Waals surface area (Å²) >= 11 is 0. The summed E-state index contributed by atoms with van der Waals surface area (Å²) in [6.45, 7) is 9.10. The molecular formula is C38H45N3O5S. The summed E-state index contributed by atoms with van der Waals surface area (Å²) in [4.78, 5) is 30.3. The number of anilines is 1. The number of ether oxygens (including phenoxy) is 1. The third-order valence-electron chi connectivity index (χ3n) is 8.27. The average Bonchev–Trinajstić information content (AvgIpc) is 3.06. The van der Waals surface area contributed by atoms with Crippen molar-refractivity contribution >= 4 is 27.5 Å². The van der Waals surface area contributed by atoms with Crippen LogP contribution in [0.1, 0.15) is 48.1 Å². The van der Waals surface area contributed by atoms with Gasteiger partial charge in [0.25, 0.3) is 10.0 Å². The molecule has 0 aliphatic rings. The van der Waals surface area contributed by atoms with Crippen LogP contribution in [0, 0.1) is 20.8 Å². The second-order valence-corrected chi connectivity index (χ2v) is 13.9. The topological polar surface area (TPSA) is 96.0 Å². The molecule has 0 saturated carbocycles. The molecule has 2 atom stereocenters. The van der Waals surface area contributed by atoms with Gasteiger partial charge in [-0.2, -0.15) is 0 Å². The van der Waals surface area contributed by atoms with E-state index < -0.39 is 28.5 Å². The van der Waals surface area contributed by atoms with E-state index in [2.05, 4.69) is 5.32 Å². The number of sulfonamides is 1. The largest absolute Gasteiger partial charge is 0.497 e. The number of carbonyl (C=O) groups excluding carboxylic acids is 2. The summed E-state index contributed by atoms with van der Waals surface area (Å²) in [6, 6.07) is 27.8. The highest BCUT2D eigenvalue weighted by molar-refractivity contribution is 7.92. The van der Waals surface area contributed by atoms with E-state index in [1.165, 1.54) is 9.21 Å². The lowest BCUT2D eigenvalue weighted by molar-refractivity contribution is -0.140. The molecule has 47 heavy (non-hydrogen) atoms. The number of nitrogens with one attached hydrogen (secondary N) is 1. The minimum atomic E-state index is -4.18.